The molecule has 0 spiro atoms. The van der Waals surface area contributed by atoms with E-state index in [1.807, 2.05) is 0 Å². The quantitative estimate of drug-likeness (QED) is 0.346. The second-order valence-corrected chi connectivity index (χ2v) is 10.6. The monoisotopic (exact) mass is 461 g/mol. The second kappa shape index (κ2) is 5.97. The Morgan fingerprint density at radius 2 is 1.70 bits per heavy atom. The molecule has 2 bridgehead atoms. The number of halogens is 3. The fourth-order valence-electron chi connectivity index (χ4n) is 3.19. The van der Waals surface area contributed by atoms with Gasteiger partial charge in [0.2, 0.25) is 0 Å². The Morgan fingerprint density at radius 1 is 1.11 bits per heavy atom. The Labute approximate surface area is 150 Å². The minimum absolute atomic E-state index is 0.316. The zero-order chi connectivity index (χ0) is 20.6. The first kappa shape index (κ1) is 20.7. The van der Waals surface area contributed by atoms with Gasteiger partial charge in [0.1, 0.15) is 35.6 Å². The molecule has 0 amide bonds. The topological polar surface area (TPSA) is 168 Å². The highest BCUT2D eigenvalue weighted by Crippen LogP contribution is 2.51. The van der Waals surface area contributed by atoms with Crippen LogP contribution in [0.2, 0.25) is 0 Å². The first-order valence-electron chi connectivity index (χ1n) is 6.80. The molecule has 3 rings (SSSR count). The molecule has 0 radical (unpaired) electrons. The Balaban J connectivity index is 1.90. The van der Waals surface area contributed by atoms with Crippen LogP contribution in [0.4, 0.5) is 13.2 Å². The summed E-state index contributed by atoms with van der Waals surface area (Å²) in [7, 11) is -15.4. The number of alkyl halides is 3. The van der Waals surface area contributed by atoms with Crippen molar-refractivity contribution < 1.29 is 61.1 Å². The summed E-state index contributed by atoms with van der Waals surface area (Å²) < 4.78 is 125. The average Bonchev–Trinajstić information content (AvgIpc) is 3.06. The summed E-state index contributed by atoms with van der Waals surface area (Å²) in [5, 5.41) is -1.52. The maximum atomic E-state index is 12.3. The number of ether oxygens (including phenoxy) is 2. The minimum Gasteiger partial charge on any atom is -0.469 e. The number of hydrogen-bond acceptors (Lipinski definition) is 11. The van der Waals surface area contributed by atoms with Crippen molar-refractivity contribution >= 4 is 36.4 Å². The number of hydrogen-bond donors (Lipinski definition) is 1. The SMILES string of the molecule is COC(=O)C1C2OC3C(OS(=O)(=O)C31)C2OS(=O)(=O)NS(=O)(=O)C(F)(F)F. The van der Waals surface area contributed by atoms with Crippen LogP contribution in [0.3, 0.4) is 0 Å². The minimum atomic E-state index is -6.34. The fraction of sp³-hybridized carbons (Fsp3) is 0.889. The summed E-state index contributed by atoms with van der Waals surface area (Å²) in [6, 6.07) is 0. The first-order chi connectivity index (χ1) is 12.1. The second-order valence-electron chi connectivity index (χ2n) is 5.68. The number of esters is 1. The highest BCUT2D eigenvalue weighted by atomic mass is 32.3. The molecule has 0 aromatic rings. The number of carbonyl (C=O) groups excluding carboxylic acids is 1. The van der Waals surface area contributed by atoms with Crippen LogP contribution in [0.15, 0.2) is 0 Å². The molecule has 6 atom stereocenters. The molecule has 6 unspecified atom stereocenters. The van der Waals surface area contributed by atoms with Crippen LogP contribution in [0, 0.1) is 5.92 Å². The molecule has 27 heavy (non-hydrogen) atoms. The lowest BCUT2D eigenvalue weighted by molar-refractivity contribution is -0.148. The predicted molar refractivity (Wildman–Crippen MR) is 73.7 cm³/mol. The molecule has 3 saturated heterocycles. The van der Waals surface area contributed by atoms with Crippen LogP contribution in [0.25, 0.3) is 0 Å². The van der Waals surface area contributed by atoms with E-state index in [2.05, 4.69) is 13.1 Å². The van der Waals surface area contributed by atoms with Crippen LogP contribution in [0.1, 0.15) is 0 Å². The standard InChI is InChI=1S/C9H10F3NO11S3/c1-21-8(14)2-3-4(5-6(22-3)7(2)25(15,16)23-5)24-27(19,20)13-26(17,18)9(10,11)12/h2-7,13H,1H3. The zero-order valence-electron chi connectivity index (χ0n) is 12.8. The number of methoxy groups -OCH3 is 1. The molecule has 1 N–H and O–H groups in total. The molecule has 18 heteroatoms. The van der Waals surface area contributed by atoms with Crippen molar-refractivity contribution in [2.24, 2.45) is 5.92 Å². The predicted octanol–water partition coefficient (Wildman–Crippen LogP) is -2.28. The normalized spacial score (nSPS) is 37.5. The molecule has 0 aromatic heterocycles. The molecular weight excluding hydrogens is 451 g/mol. The van der Waals surface area contributed by atoms with Gasteiger partial charge in [-0.15, -0.1) is 0 Å². The third-order valence-corrected chi connectivity index (χ3v) is 8.62. The number of fused-ring (bicyclic) bond motifs is 1. The van der Waals surface area contributed by atoms with Crippen LogP contribution >= 0.6 is 0 Å². The van der Waals surface area contributed by atoms with E-state index in [-0.39, 0.29) is 0 Å². The van der Waals surface area contributed by atoms with Gasteiger partial charge in [-0.3, -0.25) is 8.98 Å². The number of sulfonamides is 1. The van der Waals surface area contributed by atoms with Crippen molar-refractivity contribution in [2.75, 3.05) is 7.11 Å². The summed E-state index contributed by atoms with van der Waals surface area (Å²) in [4.78, 5) is 11.9. The maximum absolute atomic E-state index is 12.3. The fourth-order valence-corrected chi connectivity index (χ4v) is 7.14. The number of rotatable bonds is 5. The molecular formula is C9H10F3NO11S3. The van der Waals surface area contributed by atoms with Crippen molar-refractivity contribution in [3.05, 3.63) is 0 Å². The van der Waals surface area contributed by atoms with E-state index in [1.54, 1.807) is 0 Å². The van der Waals surface area contributed by atoms with Gasteiger partial charge in [-0.25, -0.2) is 12.6 Å². The van der Waals surface area contributed by atoms with E-state index >= 15 is 0 Å². The molecule has 3 fully saturated rings. The summed E-state index contributed by atoms with van der Waals surface area (Å²) in [6.07, 6.45) is -6.42. The van der Waals surface area contributed by atoms with Crippen LogP contribution < -0.4 is 4.13 Å². The van der Waals surface area contributed by atoms with Crippen molar-refractivity contribution in [1.29, 1.82) is 0 Å². The molecule has 12 nitrogen and oxygen atoms in total. The van der Waals surface area contributed by atoms with Gasteiger partial charge in [0.05, 0.1) is 7.11 Å². The van der Waals surface area contributed by atoms with E-state index in [4.69, 9.17) is 4.74 Å². The highest BCUT2D eigenvalue weighted by Gasteiger charge is 2.74. The molecule has 0 saturated carbocycles. The van der Waals surface area contributed by atoms with Crippen molar-refractivity contribution in [2.45, 2.75) is 35.2 Å². The third kappa shape index (κ3) is 3.21. The first-order valence-corrected chi connectivity index (χ1v) is 11.2. The van der Waals surface area contributed by atoms with Crippen molar-refractivity contribution in [3.8, 4) is 0 Å². The van der Waals surface area contributed by atoms with E-state index in [0.717, 1.165) is 7.11 Å². The lowest BCUT2D eigenvalue weighted by Crippen LogP contribution is -2.51. The van der Waals surface area contributed by atoms with E-state index in [9.17, 15) is 43.2 Å². The van der Waals surface area contributed by atoms with Gasteiger partial charge in [0.25, 0.3) is 10.1 Å². The summed E-state index contributed by atoms with van der Waals surface area (Å²) in [5.41, 5.74) is -5.96. The Kier molecular flexibility index (Phi) is 4.57. The van der Waals surface area contributed by atoms with Crippen LogP contribution in [0.5, 0.6) is 0 Å². The largest absolute Gasteiger partial charge is 0.512 e. The third-order valence-electron chi connectivity index (χ3n) is 4.12. The molecule has 3 heterocycles. The van der Waals surface area contributed by atoms with E-state index in [0.29, 0.717) is 4.13 Å². The lowest BCUT2D eigenvalue weighted by Gasteiger charge is -2.26. The molecule has 3 aliphatic rings. The van der Waals surface area contributed by atoms with Crippen molar-refractivity contribution in [1.82, 2.24) is 4.13 Å². The summed E-state index contributed by atoms with van der Waals surface area (Å²) in [6.45, 7) is 0. The van der Waals surface area contributed by atoms with Crippen LogP contribution in [-0.4, -0.2) is 73.5 Å². The summed E-state index contributed by atoms with van der Waals surface area (Å²) in [5.74, 6) is -2.69. The number of carbonyl (C=O) groups is 1. The van der Waals surface area contributed by atoms with Gasteiger partial charge in [0, 0.05) is 0 Å². The molecule has 0 aromatic carbocycles. The Hall–Kier alpha value is -1.05. The maximum Gasteiger partial charge on any atom is 0.512 e. The van der Waals surface area contributed by atoms with Crippen molar-refractivity contribution in [3.63, 3.8) is 0 Å². The highest BCUT2D eigenvalue weighted by molar-refractivity contribution is 8.03. The van der Waals surface area contributed by atoms with Gasteiger partial charge in [-0.05, 0) is 0 Å². The van der Waals surface area contributed by atoms with Gasteiger partial charge < -0.3 is 9.47 Å². The smallest absolute Gasteiger partial charge is 0.469 e. The number of nitrogens with one attached hydrogen (secondary N) is 1. The van der Waals surface area contributed by atoms with E-state index in [1.165, 1.54) is 0 Å². The zero-order valence-corrected chi connectivity index (χ0v) is 15.3. The Bertz CT molecular complexity index is 972. The lowest BCUT2D eigenvalue weighted by atomic mass is 9.85. The van der Waals surface area contributed by atoms with Gasteiger partial charge in [0.15, 0.2) is 0 Å². The van der Waals surface area contributed by atoms with Crippen LogP contribution in [-0.2, 0) is 53.1 Å². The van der Waals surface area contributed by atoms with Gasteiger partial charge in [-0.1, -0.05) is 4.13 Å². The summed E-state index contributed by atoms with van der Waals surface area (Å²) >= 11 is 0. The van der Waals surface area contributed by atoms with Gasteiger partial charge in [-0.2, -0.15) is 30.0 Å². The van der Waals surface area contributed by atoms with Gasteiger partial charge >= 0.3 is 31.8 Å². The molecule has 0 aliphatic carbocycles. The molecule has 156 valence electrons. The Morgan fingerprint density at radius 3 is 2.22 bits per heavy atom. The van der Waals surface area contributed by atoms with E-state index < -0.39 is 77.5 Å². The molecule has 3 aliphatic heterocycles. The average molecular weight is 461 g/mol.